The average Bonchev–Trinajstić information content (AvgIpc) is 3.20. The van der Waals surface area contributed by atoms with Gasteiger partial charge in [-0.1, -0.05) is 30.3 Å². The summed E-state index contributed by atoms with van der Waals surface area (Å²) in [5.41, 5.74) is 1.03. The van der Waals surface area contributed by atoms with E-state index in [0.717, 1.165) is 16.7 Å². The summed E-state index contributed by atoms with van der Waals surface area (Å²) in [5.74, 6) is 1.48. The van der Waals surface area contributed by atoms with Crippen LogP contribution in [0.2, 0.25) is 0 Å². The van der Waals surface area contributed by atoms with E-state index in [4.69, 9.17) is 18.9 Å². The first kappa shape index (κ1) is 27.5. The van der Waals surface area contributed by atoms with Crippen molar-refractivity contribution < 1.29 is 33.5 Å². The number of carbonyl (C=O) groups is 2. The van der Waals surface area contributed by atoms with Gasteiger partial charge in [-0.3, -0.25) is 24.6 Å². The number of nitro benzene ring substituents is 1. The number of rotatable bonds is 12. The zero-order chi connectivity index (χ0) is 27.8. The van der Waals surface area contributed by atoms with Gasteiger partial charge < -0.3 is 18.9 Å². The Bertz CT molecular complexity index is 1410. The molecule has 0 N–H and O–H groups in total. The van der Waals surface area contributed by atoms with Gasteiger partial charge in [-0.25, -0.2) is 0 Å². The maximum atomic E-state index is 12.9. The molecular weight excluding hydrogens is 524 g/mol. The van der Waals surface area contributed by atoms with Crippen molar-refractivity contribution in [2.45, 2.75) is 13.5 Å². The Morgan fingerprint density at radius 1 is 0.923 bits per heavy atom. The highest BCUT2D eigenvalue weighted by molar-refractivity contribution is 8.18. The van der Waals surface area contributed by atoms with E-state index in [0.29, 0.717) is 40.7 Å². The minimum atomic E-state index is -0.455. The fourth-order valence-corrected chi connectivity index (χ4v) is 4.66. The molecular formula is C28H26N2O8S. The summed E-state index contributed by atoms with van der Waals surface area (Å²) in [6.07, 6.45) is 1.61. The quantitative estimate of drug-likeness (QED) is 0.159. The summed E-state index contributed by atoms with van der Waals surface area (Å²) < 4.78 is 22.5. The van der Waals surface area contributed by atoms with Gasteiger partial charge in [0.2, 0.25) is 0 Å². The van der Waals surface area contributed by atoms with E-state index in [9.17, 15) is 19.7 Å². The first-order valence-corrected chi connectivity index (χ1v) is 12.9. The van der Waals surface area contributed by atoms with Gasteiger partial charge in [0.1, 0.15) is 13.2 Å². The van der Waals surface area contributed by atoms with Crippen molar-refractivity contribution in [1.29, 1.82) is 0 Å². The van der Waals surface area contributed by atoms with Crippen LogP contribution in [-0.4, -0.2) is 47.8 Å². The van der Waals surface area contributed by atoms with Crippen LogP contribution in [0.15, 0.2) is 71.6 Å². The van der Waals surface area contributed by atoms with Crippen molar-refractivity contribution in [3.05, 3.63) is 92.9 Å². The van der Waals surface area contributed by atoms with Crippen LogP contribution < -0.4 is 18.9 Å². The lowest BCUT2D eigenvalue weighted by Gasteiger charge is -2.14. The molecule has 0 spiro atoms. The van der Waals surface area contributed by atoms with E-state index < -0.39 is 10.8 Å². The molecule has 3 aromatic carbocycles. The molecule has 3 aromatic rings. The third kappa shape index (κ3) is 6.68. The molecule has 0 aliphatic carbocycles. The van der Waals surface area contributed by atoms with Crippen LogP contribution >= 0.6 is 11.8 Å². The lowest BCUT2D eigenvalue weighted by atomic mass is 10.1. The molecule has 0 aromatic heterocycles. The molecule has 1 saturated heterocycles. The van der Waals surface area contributed by atoms with E-state index in [1.807, 2.05) is 13.0 Å². The van der Waals surface area contributed by atoms with Gasteiger partial charge >= 0.3 is 0 Å². The molecule has 0 bridgehead atoms. The minimum absolute atomic E-state index is 0.0214. The van der Waals surface area contributed by atoms with E-state index in [2.05, 4.69) is 0 Å². The predicted octanol–water partition coefficient (Wildman–Crippen LogP) is 5.70. The van der Waals surface area contributed by atoms with Crippen LogP contribution in [0.25, 0.3) is 6.08 Å². The molecule has 2 amide bonds. The van der Waals surface area contributed by atoms with Gasteiger partial charge in [-0.15, -0.1) is 0 Å². The molecule has 1 aliphatic rings. The second-order valence-corrected chi connectivity index (χ2v) is 9.14. The van der Waals surface area contributed by atoms with E-state index in [1.54, 1.807) is 60.7 Å². The number of hydrogen-bond acceptors (Lipinski definition) is 9. The Balaban J connectivity index is 1.44. The molecule has 0 radical (unpaired) electrons. The third-order valence-electron chi connectivity index (χ3n) is 5.65. The minimum Gasteiger partial charge on any atom is -0.493 e. The number of para-hydroxylation sites is 3. The number of ether oxygens (including phenoxy) is 4. The van der Waals surface area contributed by atoms with Gasteiger partial charge in [0.25, 0.3) is 16.8 Å². The molecule has 0 saturated carbocycles. The zero-order valence-electron chi connectivity index (χ0n) is 21.3. The van der Waals surface area contributed by atoms with Crippen LogP contribution in [0.3, 0.4) is 0 Å². The van der Waals surface area contributed by atoms with Crippen molar-refractivity contribution in [2.75, 3.05) is 26.9 Å². The number of carbonyl (C=O) groups excluding carboxylic acids is 2. The number of hydrogen-bond donors (Lipinski definition) is 0. The van der Waals surface area contributed by atoms with Crippen molar-refractivity contribution in [3.8, 4) is 23.0 Å². The van der Waals surface area contributed by atoms with Crippen LogP contribution in [0.5, 0.6) is 23.0 Å². The van der Waals surface area contributed by atoms with Crippen LogP contribution in [0, 0.1) is 10.1 Å². The molecule has 1 fully saturated rings. The number of benzene rings is 3. The molecule has 10 nitrogen and oxygen atoms in total. The van der Waals surface area contributed by atoms with Crippen LogP contribution in [-0.2, 0) is 11.4 Å². The lowest BCUT2D eigenvalue weighted by Crippen LogP contribution is -2.32. The molecule has 1 aliphatic heterocycles. The monoisotopic (exact) mass is 550 g/mol. The number of thioether (sulfide) groups is 1. The maximum absolute atomic E-state index is 12.9. The van der Waals surface area contributed by atoms with Crippen molar-refractivity contribution in [2.24, 2.45) is 0 Å². The van der Waals surface area contributed by atoms with Crippen LogP contribution in [0.4, 0.5) is 10.5 Å². The Kier molecular flexibility index (Phi) is 9.06. The predicted molar refractivity (Wildman–Crippen MR) is 146 cm³/mol. The van der Waals surface area contributed by atoms with Gasteiger partial charge in [-0.2, -0.15) is 0 Å². The molecule has 0 atom stereocenters. The van der Waals surface area contributed by atoms with Gasteiger partial charge in [0.05, 0.1) is 35.7 Å². The summed E-state index contributed by atoms with van der Waals surface area (Å²) in [6, 6.07) is 18.6. The van der Waals surface area contributed by atoms with E-state index in [1.165, 1.54) is 13.2 Å². The second kappa shape index (κ2) is 12.8. The zero-order valence-corrected chi connectivity index (χ0v) is 22.1. The number of nitrogens with zero attached hydrogens (tertiary/aromatic N) is 2. The number of amides is 2. The molecule has 202 valence electrons. The molecule has 1 heterocycles. The third-order valence-corrected chi connectivity index (χ3v) is 6.56. The topological polar surface area (TPSA) is 117 Å². The van der Waals surface area contributed by atoms with Gasteiger partial charge in [0, 0.05) is 6.07 Å². The first-order valence-electron chi connectivity index (χ1n) is 12.0. The summed E-state index contributed by atoms with van der Waals surface area (Å²) >= 11 is 0.848. The fraction of sp³-hybridized carbons (Fsp3) is 0.214. The summed E-state index contributed by atoms with van der Waals surface area (Å²) in [4.78, 5) is 37.7. The molecule has 0 unspecified atom stereocenters. The summed E-state index contributed by atoms with van der Waals surface area (Å²) in [5, 5.41) is 10.9. The van der Waals surface area contributed by atoms with Gasteiger partial charge in [-0.05, 0) is 60.7 Å². The highest BCUT2D eigenvalue weighted by Gasteiger charge is 2.35. The highest BCUT2D eigenvalue weighted by Crippen LogP contribution is 2.35. The number of methoxy groups -OCH3 is 1. The summed E-state index contributed by atoms with van der Waals surface area (Å²) in [6.45, 7) is 2.35. The Morgan fingerprint density at radius 3 is 2.38 bits per heavy atom. The second-order valence-electron chi connectivity index (χ2n) is 8.15. The van der Waals surface area contributed by atoms with Crippen LogP contribution in [0.1, 0.15) is 18.1 Å². The average molecular weight is 551 g/mol. The Hall–Kier alpha value is -4.51. The Labute approximate surface area is 229 Å². The van der Waals surface area contributed by atoms with Crippen molar-refractivity contribution in [1.82, 2.24) is 4.90 Å². The fourth-order valence-electron chi connectivity index (χ4n) is 3.80. The highest BCUT2D eigenvalue weighted by atomic mass is 32.2. The normalized spacial score (nSPS) is 14.0. The van der Waals surface area contributed by atoms with Gasteiger partial charge in [0.15, 0.2) is 23.0 Å². The standard InChI is InChI=1S/C28H26N2O8S/c1-3-36-25-16-19(12-13-24(25)38-18-20-8-4-5-9-21(20)30(33)34)17-26-27(31)29(28(32)39-26)14-15-37-23-11-7-6-10-22(23)35-2/h4-13,16-17H,3,14-15,18H2,1-2H3/b26-17-. The molecule has 11 heteroatoms. The number of nitro groups is 1. The maximum Gasteiger partial charge on any atom is 0.293 e. The smallest absolute Gasteiger partial charge is 0.293 e. The lowest BCUT2D eigenvalue weighted by molar-refractivity contribution is -0.385. The molecule has 4 rings (SSSR count). The van der Waals surface area contributed by atoms with E-state index in [-0.39, 0.29) is 35.6 Å². The Morgan fingerprint density at radius 2 is 1.64 bits per heavy atom. The summed E-state index contributed by atoms with van der Waals surface area (Å²) in [7, 11) is 1.54. The molecule has 39 heavy (non-hydrogen) atoms. The van der Waals surface area contributed by atoms with Crippen molar-refractivity contribution >= 4 is 34.7 Å². The first-order chi connectivity index (χ1) is 18.9. The SMILES string of the molecule is CCOc1cc(/C=C2\SC(=O)N(CCOc3ccccc3OC)C2=O)ccc1OCc1ccccc1[N+](=O)[O-]. The van der Waals surface area contributed by atoms with Crippen molar-refractivity contribution in [3.63, 3.8) is 0 Å². The number of imide groups is 1. The van der Waals surface area contributed by atoms with E-state index >= 15 is 0 Å². The largest absolute Gasteiger partial charge is 0.493 e.